The van der Waals surface area contributed by atoms with Gasteiger partial charge in [-0.3, -0.25) is 10.1 Å². The smallest absolute Gasteiger partial charge is 0.313 e. The van der Waals surface area contributed by atoms with Crippen LogP contribution in [-0.2, 0) is 16.7 Å². The van der Waals surface area contributed by atoms with E-state index in [-0.39, 0.29) is 11.1 Å². The van der Waals surface area contributed by atoms with Gasteiger partial charge in [0.1, 0.15) is 0 Å². The molecular formula is C27H28N2O4. The Morgan fingerprint density at radius 1 is 0.970 bits per heavy atom. The molecule has 3 aromatic carbocycles. The second-order valence-corrected chi connectivity index (χ2v) is 9.16. The fourth-order valence-electron chi connectivity index (χ4n) is 3.50. The second kappa shape index (κ2) is 9.77. The minimum absolute atomic E-state index is 0.0124. The van der Waals surface area contributed by atoms with E-state index in [9.17, 15) is 14.9 Å². The number of nitro groups is 1. The second-order valence-electron chi connectivity index (χ2n) is 9.16. The van der Waals surface area contributed by atoms with Gasteiger partial charge in [-0.05, 0) is 48.1 Å². The van der Waals surface area contributed by atoms with E-state index in [0.717, 1.165) is 27.8 Å². The van der Waals surface area contributed by atoms with Crippen LogP contribution in [-0.4, -0.2) is 16.6 Å². The van der Waals surface area contributed by atoms with Gasteiger partial charge in [0.25, 0.3) is 5.69 Å². The maximum Gasteiger partial charge on any atom is 0.365 e. The summed E-state index contributed by atoms with van der Waals surface area (Å²) in [6.07, 6.45) is 0.359. The molecule has 6 nitrogen and oxygen atoms in total. The summed E-state index contributed by atoms with van der Waals surface area (Å²) in [6, 6.07) is 19.6. The van der Waals surface area contributed by atoms with Crippen LogP contribution in [0.2, 0.25) is 0 Å². The van der Waals surface area contributed by atoms with Crippen LogP contribution in [0.1, 0.15) is 58.9 Å². The molecular weight excluding hydrogens is 416 g/mol. The van der Waals surface area contributed by atoms with E-state index in [4.69, 9.17) is 4.84 Å². The van der Waals surface area contributed by atoms with Crippen molar-refractivity contribution in [3.63, 3.8) is 0 Å². The fraction of sp³-hybridized carbons (Fsp3) is 0.259. The molecule has 0 radical (unpaired) electrons. The lowest BCUT2D eigenvalue weighted by Crippen LogP contribution is -2.12. The standard InChI is InChI=1S/C27H28N2O4/c1-18-6-15-24(19(2)16-18)25(17-20-7-13-23(14-8-20)29(31)32)28-33-26(30)21-9-11-22(12-10-21)27(3,4)5/h6-16H,17H2,1-5H3/b28-25+. The lowest BCUT2D eigenvalue weighted by atomic mass is 9.87. The van der Waals surface area contributed by atoms with Crippen LogP contribution in [0.25, 0.3) is 0 Å². The molecule has 0 N–H and O–H groups in total. The van der Waals surface area contributed by atoms with Gasteiger partial charge in [0, 0.05) is 24.1 Å². The fourth-order valence-corrected chi connectivity index (χ4v) is 3.50. The highest BCUT2D eigenvalue weighted by Gasteiger charge is 2.16. The number of rotatable bonds is 6. The number of carbonyl (C=O) groups is 1. The van der Waals surface area contributed by atoms with Crippen LogP contribution in [0.5, 0.6) is 0 Å². The van der Waals surface area contributed by atoms with E-state index < -0.39 is 10.9 Å². The van der Waals surface area contributed by atoms with Crippen LogP contribution in [0.3, 0.4) is 0 Å². The average Bonchev–Trinajstić information content (AvgIpc) is 2.76. The zero-order chi connectivity index (χ0) is 24.2. The van der Waals surface area contributed by atoms with E-state index in [0.29, 0.717) is 17.7 Å². The Morgan fingerprint density at radius 2 is 1.61 bits per heavy atom. The maximum atomic E-state index is 12.6. The number of nitro benzene ring substituents is 1. The van der Waals surface area contributed by atoms with E-state index >= 15 is 0 Å². The predicted octanol–water partition coefficient (Wildman–Crippen LogP) is 6.31. The first kappa shape index (κ1) is 23.9. The van der Waals surface area contributed by atoms with Gasteiger partial charge in [-0.15, -0.1) is 0 Å². The van der Waals surface area contributed by atoms with Gasteiger partial charge >= 0.3 is 5.97 Å². The molecule has 0 aliphatic carbocycles. The third-order valence-corrected chi connectivity index (χ3v) is 5.44. The van der Waals surface area contributed by atoms with Gasteiger partial charge < -0.3 is 4.84 Å². The largest absolute Gasteiger partial charge is 0.365 e. The Balaban J connectivity index is 1.88. The topological polar surface area (TPSA) is 81.8 Å². The lowest BCUT2D eigenvalue weighted by Gasteiger charge is -2.18. The number of hydrogen-bond donors (Lipinski definition) is 0. The zero-order valence-electron chi connectivity index (χ0n) is 19.6. The summed E-state index contributed by atoms with van der Waals surface area (Å²) in [7, 11) is 0. The SMILES string of the molecule is Cc1ccc(/C(Cc2ccc([N+](=O)[O-])cc2)=N/OC(=O)c2ccc(C(C)(C)C)cc2)c(C)c1. The van der Waals surface area contributed by atoms with Crippen LogP contribution in [0, 0.1) is 24.0 Å². The van der Waals surface area contributed by atoms with E-state index in [2.05, 4.69) is 25.9 Å². The Morgan fingerprint density at radius 3 is 2.15 bits per heavy atom. The summed E-state index contributed by atoms with van der Waals surface area (Å²) < 4.78 is 0. The molecule has 0 aliphatic rings. The quantitative estimate of drug-likeness (QED) is 0.193. The highest BCUT2D eigenvalue weighted by atomic mass is 16.7. The Hall–Kier alpha value is -3.80. The van der Waals surface area contributed by atoms with Crippen molar-refractivity contribution in [1.82, 2.24) is 0 Å². The number of oxime groups is 1. The molecule has 0 saturated heterocycles. The summed E-state index contributed by atoms with van der Waals surface area (Å²) in [4.78, 5) is 28.5. The molecule has 0 spiro atoms. The highest BCUT2D eigenvalue weighted by Crippen LogP contribution is 2.23. The number of carbonyl (C=O) groups excluding carboxylic acids is 1. The molecule has 0 saturated carbocycles. The van der Waals surface area contributed by atoms with Crippen LogP contribution in [0.15, 0.2) is 71.9 Å². The van der Waals surface area contributed by atoms with Gasteiger partial charge in [-0.2, -0.15) is 0 Å². The molecule has 0 amide bonds. The number of non-ortho nitro benzene ring substituents is 1. The first-order valence-corrected chi connectivity index (χ1v) is 10.7. The van der Waals surface area contributed by atoms with E-state index in [1.807, 2.05) is 44.2 Å². The minimum Gasteiger partial charge on any atom is -0.313 e. The molecule has 6 heteroatoms. The number of benzene rings is 3. The van der Waals surface area contributed by atoms with Gasteiger partial charge in [0.2, 0.25) is 0 Å². The molecule has 3 rings (SSSR count). The molecule has 0 unspecified atom stereocenters. The summed E-state index contributed by atoms with van der Waals surface area (Å²) in [5.74, 6) is -0.540. The van der Waals surface area contributed by atoms with Crippen molar-refractivity contribution in [2.24, 2.45) is 5.16 Å². The van der Waals surface area contributed by atoms with Crippen molar-refractivity contribution in [3.8, 4) is 0 Å². The molecule has 3 aromatic rings. The van der Waals surface area contributed by atoms with E-state index in [1.165, 1.54) is 12.1 Å². The molecule has 0 atom stereocenters. The highest BCUT2D eigenvalue weighted by molar-refractivity contribution is 6.03. The molecule has 0 fully saturated rings. The molecule has 0 heterocycles. The third-order valence-electron chi connectivity index (χ3n) is 5.44. The van der Waals surface area contributed by atoms with Crippen molar-refractivity contribution < 1.29 is 14.6 Å². The Bertz CT molecular complexity index is 1190. The molecule has 33 heavy (non-hydrogen) atoms. The predicted molar refractivity (Wildman–Crippen MR) is 130 cm³/mol. The van der Waals surface area contributed by atoms with Crippen molar-refractivity contribution in [2.45, 2.75) is 46.5 Å². The van der Waals surface area contributed by atoms with Crippen LogP contribution in [0.4, 0.5) is 5.69 Å². The summed E-state index contributed by atoms with van der Waals surface area (Å²) in [5, 5.41) is 15.2. The van der Waals surface area contributed by atoms with Gasteiger partial charge in [0.15, 0.2) is 0 Å². The van der Waals surface area contributed by atoms with Gasteiger partial charge in [0.05, 0.1) is 16.2 Å². The van der Waals surface area contributed by atoms with Crippen molar-refractivity contribution >= 4 is 17.4 Å². The lowest BCUT2D eigenvalue weighted by molar-refractivity contribution is -0.384. The first-order chi connectivity index (χ1) is 15.5. The number of hydrogen-bond acceptors (Lipinski definition) is 5. The molecule has 0 bridgehead atoms. The molecule has 0 aromatic heterocycles. The normalized spacial score (nSPS) is 11.8. The third kappa shape index (κ3) is 6.13. The Labute approximate surface area is 194 Å². The monoisotopic (exact) mass is 444 g/mol. The van der Waals surface area contributed by atoms with Crippen LogP contribution < -0.4 is 0 Å². The number of aryl methyl sites for hydroxylation is 2. The van der Waals surface area contributed by atoms with Crippen LogP contribution >= 0.6 is 0 Å². The summed E-state index contributed by atoms with van der Waals surface area (Å²) in [6.45, 7) is 10.3. The Kier molecular flexibility index (Phi) is 7.07. The van der Waals surface area contributed by atoms with E-state index in [1.54, 1.807) is 24.3 Å². The molecule has 170 valence electrons. The van der Waals surface area contributed by atoms with Crippen molar-refractivity contribution in [1.29, 1.82) is 0 Å². The van der Waals surface area contributed by atoms with Gasteiger partial charge in [-0.1, -0.05) is 74.0 Å². The zero-order valence-corrected chi connectivity index (χ0v) is 19.6. The number of nitrogens with zero attached hydrogens (tertiary/aromatic N) is 2. The van der Waals surface area contributed by atoms with Gasteiger partial charge in [-0.25, -0.2) is 4.79 Å². The van der Waals surface area contributed by atoms with Crippen molar-refractivity contribution in [3.05, 3.63) is 110 Å². The first-order valence-electron chi connectivity index (χ1n) is 10.7. The molecule has 0 aliphatic heterocycles. The van der Waals surface area contributed by atoms with Crippen molar-refractivity contribution in [2.75, 3.05) is 0 Å². The minimum atomic E-state index is -0.540. The maximum absolute atomic E-state index is 12.6. The summed E-state index contributed by atoms with van der Waals surface area (Å²) >= 11 is 0. The summed E-state index contributed by atoms with van der Waals surface area (Å²) in [5.41, 5.74) is 5.91. The average molecular weight is 445 g/mol.